The Morgan fingerprint density at radius 2 is 2.11 bits per heavy atom. The van der Waals surface area contributed by atoms with Crippen molar-refractivity contribution in [2.75, 3.05) is 43.9 Å². The van der Waals surface area contributed by atoms with Gasteiger partial charge in [-0.05, 0) is 6.08 Å². The number of rotatable bonds is 5. The minimum atomic E-state index is -3.44. The highest BCUT2D eigenvalue weighted by Crippen LogP contribution is 2.46. The summed E-state index contributed by atoms with van der Waals surface area (Å²) in [5.74, 6) is 0.437. The first-order chi connectivity index (χ1) is 13.1. The van der Waals surface area contributed by atoms with E-state index in [9.17, 15) is 26.5 Å². The summed E-state index contributed by atoms with van der Waals surface area (Å²) in [7, 11) is -3.44. The van der Waals surface area contributed by atoms with Gasteiger partial charge >= 0.3 is 6.09 Å². The molecular weight excluding hydrogens is 416 g/mol. The zero-order valence-electron chi connectivity index (χ0n) is 15.2. The predicted molar refractivity (Wildman–Crippen MR) is 97.4 cm³/mol. The molecule has 1 spiro atoms. The molecule has 3 aliphatic heterocycles. The minimum Gasteiger partial charge on any atom is -0.616 e. The summed E-state index contributed by atoms with van der Waals surface area (Å²) in [5, 5.41) is 0. The van der Waals surface area contributed by atoms with Gasteiger partial charge in [0.25, 0.3) is 0 Å². The van der Waals surface area contributed by atoms with Crippen LogP contribution in [0.15, 0.2) is 23.3 Å². The van der Waals surface area contributed by atoms with Crippen LogP contribution in [0.2, 0.25) is 0 Å². The molecule has 0 aromatic carbocycles. The summed E-state index contributed by atoms with van der Waals surface area (Å²) in [6.45, 7) is 0.904. The molecule has 0 bridgehead atoms. The fraction of sp³-hybridized carbons (Fsp3) is 0.688. The predicted octanol–water partition coefficient (Wildman–Crippen LogP) is 0.227. The number of amides is 1. The molecule has 8 nitrogen and oxygen atoms in total. The zero-order chi connectivity index (χ0) is 20.3. The Hall–Kier alpha value is -1.37. The van der Waals surface area contributed by atoms with Gasteiger partial charge in [-0.15, -0.1) is 0 Å². The molecule has 28 heavy (non-hydrogen) atoms. The van der Waals surface area contributed by atoms with Gasteiger partial charge in [0.1, 0.15) is 29.6 Å². The van der Waals surface area contributed by atoms with Gasteiger partial charge in [-0.3, -0.25) is 4.90 Å². The number of nitrogens with one attached hydrogen (secondary N) is 1. The van der Waals surface area contributed by atoms with Crippen molar-refractivity contribution in [3.05, 3.63) is 23.3 Å². The monoisotopic (exact) mass is 437 g/mol. The van der Waals surface area contributed by atoms with E-state index in [4.69, 9.17) is 4.74 Å². The number of ether oxygens (including phenoxy) is 1. The van der Waals surface area contributed by atoms with Gasteiger partial charge in [0.05, 0.1) is 23.9 Å². The smallest absolute Gasteiger partial charge is 0.414 e. The summed E-state index contributed by atoms with van der Waals surface area (Å²) < 4.78 is 70.3. The third-order valence-electron chi connectivity index (χ3n) is 5.34. The Kier molecular flexibility index (Phi) is 4.88. The average molecular weight is 437 g/mol. The first-order valence-electron chi connectivity index (χ1n) is 8.82. The lowest BCUT2D eigenvalue weighted by Gasteiger charge is -2.56. The standard InChI is InChI=1S/C16H21F2N3O5S2/c1-28(24,25)19-4-11-5-21(15(22)26-11)10-2-12(17)14(13(18)3-10)20-6-16(7-20)8-27(23)9-16/h2,11,13,19H,3-9H2,1H3/t11-,13?/m0/s1. The molecule has 0 radical (unpaired) electrons. The Morgan fingerprint density at radius 3 is 2.68 bits per heavy atom. The van der Waals surface area contributed by atoms with Crippen LogP contribution in [0.3, 0.4) is 0 Å². The van der Waals surface area contributed by atoms with Crippen LogP contribution in [-0.4, -0.2) is 85.1 Å². The van der Waals surface area contributed by atoms with Crippen LogP contribution in [-0.2, 0) is 25.9 Å². The SMILES string of the molecule is CS(=O)(=O)NC[C@H]1CN(C2=CC(F)=C(N3CC4(C3)C[S+]([O-])C4)C(F)C2)C(=O)O1. The Balaban J connectivity index is 1.42. The second-order valence-corrected chi connectivity index (χ2v) is 11.2. The number of hydrogen-bond acceptors (Lipinski definition) is 6. The summed E-state index contributed by atoms with van der Waals surface area (Å²) in [4.78, 5) is 14.8. The number of halogens is 2. The average Bonchev–Trinajstić information content (AvgIpc) is 2.88. The van der Waals surface area contributed by atoms with Crippen LogP contribution in [0.25, 0.3) is 0 Å². The Morgan fingerprint density at radius 1 is 1.43 bits per heavy atom. The molecule has 4 aliphatic rings. The second kappa shape index (κ2) is 6.85. The first-order valence-corrected chi connectivity index (χ1v) is 12.2. The third kappa shape index (κ3) is 3.74. The molecule has 1 aliphatic carbocycles. The van der Waals surface area contributed by atoms with E-state index < -0.39 is 45.4 Å². The molecule has 156 valence electrons. The largest absolute Gasteiger partial charge is 0.616 e. The van der Waals surface area contributed by atoms with Gasteiger partial charge < -0.3 is 14.2 Å². The second-order valence-electron chi connectivity index (χ2n) is 7.86. The number of sulfonamides is 1. The molecule has 2 atom stereocenters. The first kappa shape index (κ1) is 19.9. The molecule has 1 unspecified atom stereocenters. The number of alkyl halides is 1. The fourth-order valence-electron chi connectivity index (χ4n) is 4.11. The number of nitrogens with zero attached hydrogens (tertiary/aromatic N) is 2. The molecule has 0 aromatic heterocycles. The van der Waals surface area contributed by atoms with Crippen molar-refractivity contribution in [2.24, 2.45) is 5.41 Å². The van der Waals surface area contributed by atoms with Crippen LogP contribution >= 0.6 is 0 Å². The number of carbonyl (C=O) groups is 1. The molecule has 4 rings (SSSR count). The van der Waals surface area contributed by atoms with Gasteiger partial charge in [0, 0.05) is 31.8 Å². The summed E-state index contributed by atoms with van der Waals surface area (Å²) in [5.41, 5.74) is 0.0796. The highest BCUT2D eigenvalue weighted by atomic mass is 32.2. The lowest BCUT2D eigenvalue weighted by Crippen LogP contribution is -2.68. The van der Waals surface area contributed by atoms with Crippen molar-refractivity contribution in [3.63, 3.8) is 0 Å². The van der Waals surface area contributed by atoms with Crippen molar-refractivity contribution >= 4 is 27.3 Å². The molecule has 12 heteroatoms. The zero-order valence-corrected chi connectivity index (χ0v) is 16.8. The van der Waals surface area contributed by atoms with Gasteiger partial charge in [0.15, 0.2) is 0 Å². The van der Waals surface area contributed by atoms with Gasteiger partial charge in [0.2, 0.25) is 10.0 Å². The van der Waals surface area contributed by atoms with Crippen molar-refractivity contribution < 1.29 is 31.3 Å². The number of carbonyl (C=O) groups excluding carboxylic acids is 1. The third-order valence-corrected chi connectivity index (χ3v) is 7.90. The lowest BCUT2D eigenvalue weighted by atomic mass is 9.81. The number of likely N-dealkylation sites (tertiary alicyclic amines) is 1. The van der Waals surface area contributed by atoms with Crippen LogP contribution < -0.4 is 4.72 Å². The maximum absolute atomic E-state index is 14.7. The molecule has 0 aromatic rings. The summed E-state index contributed by atoms with van der Waals surface area (Å²) in [6.07, 6.45) is -1.12. The quantitative estimate of drug-likeness (QED) is 0.618. The van der Waals surface area contributed by atoms with Crippen molar-refractivity contribution in [2.45, 2.75) is 18.7 Å². The van der Waals surface area contributed by atoms with E-state index in [1.54, 1.807) is 4.90 Å². The highest BCUT2D eigenvalue weighted by molar-refractivity contribution is 7.92. The van der Waals surface area contributed by atoms with Crippen molar-refractivity contribution in [1.29, 1.82) is 0 Å². The van der Waals surface area contributed by atoms with E-state index in [2.05, 4.69) is 4.72 Å². The van der Waals surface area contributed by atoms with Crippen LogP contribution in [0.4, 0.5) is 13.6 Å². The number of cyclic esters (lactones) is 1. The van der Waals surface area contributed by atoms with Crippen molar-refractivity contribution in [1.82, 2.24) is 14.5 Å². The van der Waals surface area contributed by atoms with Crippen LogP contribution in [0.5, 0.6) is 0 Å². The maximum Gasteiger partial charge on any atom is 0.414 e. The van der Waals surface area contributed by atoms with Crippen LogP contribution in [0.1, 0.15) is 6.42 Å². The van der Waals surface area contributed by atoms with E-state index in [1.165, 1.54) is 0 Å². The van der Waals surface area contributed by atoms with Gasteiger partial charge in [-0.1, -0.05) is 11.2 Å². The number of allylic oxidation sites excluding steroid dienone is 4. The normalized spacial score (nSPS) is 30.3. The number of hydrogen-bond donors (Lipinski definition) is 1. The molecule has 1 amide bonds. The van der Waals surface area contributed by atoms with E-state index in [1.807, 2.05) is 0 Å². The molecule has 0 saturated carbocycles. The summed E-state index contributed by atoms with van der Waals surface area (Å²) >= 11 is -0.813. The Labute approximate surface area is 164 Å². The lowest BCUT2D eigenvalue weighted by molar-refractivity contribution is 0.0372. The van der Waals surface area contributed by atoms with E-state index in [-0.39, 0.29) is 36.3 Å². The highest BCUT2D eigenvalue weighted by Gasteiger charge is 2.58. The molecule has 3 saturated heterocycles. The van der Waals surface area contributed by atoms with E-state index >= 15 is 0 Å². The molecule has 3 fully saturated rings. The fourth-order valence-corrected chi connectivity index (χ4v) is 6.25. The van der Waals surface area contributed by atoms with Gasteiger partial charge in [-0.25, -0.2) is 26.7 Å². The Bertz CT molecular complexity index is 848. The van der Waals surface area contributed by atoms with E-state index in [0.717, 1.165) is 17.2 Å². The minimum absolute atomic E-state index is 0.0150. The molecular formula is C16H21F2N3O5S2. The molecule has 3 heterocycles. The van der Waals surface area contributed by atoms with Crippen molar-refractivity contribution in [3.8, 4) is 0 Å². The topological polar surface area (TPSA) is 102 Å². The summed E-state index contributed by atoms with van der Waals surface area (Å²) in [6, 6.07) is 0. The molecule has 1 N–H and O–H groups in total. The van der Waals surface area contributed by atoms with Crippen LogP contribution in [0, 0.1) is 5.41 Å². The van der Waals surface area contributed by atoms with Gasteiger partial charge in [-0.2, -0.15) is 0 Å². The maximum atomic E-state index is 14.7. The van der Waals surface area contributed by atoms with E-state index in [0.29, 0.717) is 24.6 Å².